The molecule has 0 aromatic heterocycles. The molecule has 0 spiro atoms. The molecule has 3 N–H and O–H groups in total. The van der Waals surface area contributed by atoms with Crippen LogP contribution in [0.1, 0.15) is 23.7 Å². The van der Waals surface area contributed by atoms with E-state index in [0.29, 0.717) is 22.8 Å². The molecular formula is C12H15ClN2O. The van der Waals surface area contributed by atoms with Crippen LogP contribution in [0.4, 0.5) is 5.69 Å². The van der Waals surface area contributed by atoms with Gasteiger partial charge in [0.15, 0.2) is 0 Å². The van der Waals surface area contributed by atoms with Crippen LogP contribution in [0.3, 0.4) is 0 Å². The van der Waals surface area contributed by atoms with E-state index in [1.807, 2.05) is 19.1 Å². The maximum Gasteiger partial charge on any atom is 0.251 e. The first kappa shape index (κ1) is 12.6. The number of nitrogens with two attached hydrogens (primary N) is 1. The number of benzene rings is 1. The van der Waals surface area contributed by atoms with Crippen LogP contribution in [0.15, 0.2) is 30.4 Å². The summed E-state index contributed by atoms with van der Waals surface area (Å²) in [4.78, 5) is 11.6. The standard InChI is InChI=1S/C12H15ClN2O/c1-2-3-4-7-15-12(16)9-5-6-10(13)11(14)8-9/h2-3,5-6,8H,4,7,14H2,1H3,(H,15,16)/b3-2+. The molecule has 3 nitrogen and oxygen atoms in total. The Kier molecular flexibility index (Phi) is 4.86. The van der Waals surface area contributed by atoms with Gasteiger partial charge in [-0.15, -0.1) is 0 Å². The second kappa shape index (κ2) is 6.18. The van der Waals surface area contributed by atoms with Gasteiger partial charge in [0.05, 0.1) is 10.7 Å². The lowest BCUT2D eigenvalue weighted by Crippen LogP contribution is -2.24. The molecule has 0 aliphatic heterocycles. The highest BCUT2D eigenvalue weighted by Gasteiger charge is 2.06. The Labute approximate surface area is 100 Å². The van der Waals surface area contributed by atoms with Gasteiger partial charge < -0.3 is 11.1 Å². The molecule has 0 heterocycles. The van der Waals surface area contributed by atoms with E-state index in [2.05, 4.69) is 5.32 Å². The predicted octanol–water partition coefficient (Wildman–Crippen LogP) is 2.62. The zero-order chi connectivity index (χ0) is 12.0. The van der Waals surface area contributed by atoms with Crippen molar-refractivity contribution in [2.75, 3.05) is 12.3 Å². The van der Waals surface area contributed by atoms with Gasteiger partial charge in [0.1, 0.15) is 0 Å². The van der Waals surface area contributed by atoms with Crippen molar-refractivity contribution in [1.82, 2.24) is 5.32 Å². The number of allylic oxidation sites excluding steroid dienone is 1. The van der Waals surface area contributed by atoms with Crippen LogP contribution in [0.5, 0.6) is 0 Å². The Morgan fingerprint density at radius 2 is 2.31 bits per heavy atom. The zero-order valence-electron chi connectivity index (χ0n) is 9.16. The average molecular weight is 239 g/mol. The summed E-state index contributed by atoms with van der Waals surface area (Å²) in [6.45, 7) is 2.56. The Morgan fingerprint density at radius 1 is 1.56 bits per heavy atom. The molecule has 0 aliphatic carbocycles. The third kappa shape index (κ3) is 3.59. The van der Waals surface area contributed by atoms with Crippen LogP contribution in [-0.2, 0) is 0 Å². The molecule has 4 heteroatoms. The number of carbonyl (C=O) groups excluding carboxylic acids is 1. The van der Waals surface area contributed by atoms with Crippen molar-refractivity contribution in [3.8, 4) is 0 Å². The van der Waals surface area contributed by atoms with Crippen molar-refractivity contribution < 1.29 is 4.79 Å². The van der Waals surface area contributed by atoms with E-state index < -0.39 is 0 Å². The quantitative estimate of drug-likeness (QED) is 0.481. The molecule has 0 fully saturated rings. The minimum atomic E-state index is -0.132. The summed E-state index contributed by atoms with van der Waals surface area (Å²) in [6.07, 6.45) is 4.77. The van der Waals surface area contributed by atoms with Crippen molar-refractivity contribution >= 4 is 23.2 Å². The first-order valence-electron chi connectivity index (χ1n) is 5.09. The van der Waals surface area contributed by atoms with E-state index in [9.17, 15) is 4.79 Å². The Morgan fingerprint density at radius 3 is 2.94 bits per heavy atom. The molecule has 1 rings (SSSR count). The fraction of sp³-hybridized carbons (Fsp3) is 0.250. The van der Waals surface area contributed by atoms with Crippen molar-refractivity contribution in [1.29, 1.82) is 0 Å². The van der Waals surface area contributed by atoms with Crippen LogP contribution in [0, 0.1) is 0 Å². The van der Waals surface area contributed by atoms with Gasteiger partial charge in [-0.05, 0) is 31.5 Å². The summed E-state index contributed by atoms with van der Waals surface area (Å²) in [7, 11) is 0. The molecule has 1 aromatic carbocycles. The summed E-state index contributed by atoms with van der Waals surface area (Å²) in [6, 6.07) is 4.86. The van der Waals surface area contributed by atoms with Gasteiger partial charge in [-0.3, -0.25) is 4.79 Å². The van der Waals surface area contributed by atoms with Crippen LogP contribution < -0.4 is 11.1 Å². The number of halogens is 1. The van der Waals surface area contributed by atoms with Gasteiger partial charge in [0.25, 0.3) is 5.91 Å². The molecule has 0 atom stereocenters. The number of nitrogens with one attached hydrogen (secondary N) is 1. The molecule has 86 valence electrons. The van der Waals surface area contributed by atoms with E-state index in [0.717, 1.165) is 6.42 Å². The summed E-state index contributed by atoms with van der Waals surface area (Å²) >= 11 is 5.77. The van der Waals surface area contributed by atoms with Gasteiger partial charge in [-0.1, -0.05) is 23.8 Å². The van der Waals surface area contributed by atoms with Crippen molar-refractivity contribution in [3.63, 3.8) is 0 Å². The van der Waals surface area contributed by atoms with Gasteiger partial charge in [-0.25, -0.2) is 0 Å². The minimum Gasteiger partial charge on any atom is -0.398 e. The monoisotopic (exact) mass is 238 g/mol. The Bertz CT molecular complexity index is 402. The smallest absolute Gasteiger partial charge is 0.251 e. The van der Waals surface area contributed by atoms with E-state index >= 15 is 0 Å². The highest BCUT2D eigenvalue weighted by Crippen LogP contribution is 2.19. The number of hydrogen-bond acceptors (Lipinski definition) is 2. The zero-order valence-corrected chi connectivity index (χ0v) is 9.92. The van der Waals surface area contributed by atoms with E-state index in [4.69, 9.17) is 17.3 Å². The fourth-order valence-electron chi connectivity index (χ4n) is 1.22. The molecular weight excluding hydrogens is 224 g/mol. The summed E-state index contributed by atoms with van der Waals surface area (Å²) in [5.74, 6) is -0.132. The van der Waals surface area contributed by atoms with Gasteiger partial charge in [-0.2, -0.15) is 0 Å². The van der Waals surface area contributed by atoms with Crippen LogP contribution in [0.25, 0.3) is 0 Å². The molecule has 0 unspecified atom stereocenters. The SMILES string of the molecule is C/C=C/CCNC(=O)c1ccc(Cl)c(N)c1. The minimum absolute atomic E-state index is 0.132. The van der Waals surface area contributed by atoms with Crippen molar-refractivity contribution in [3.05, 3.63) is 40.9 Å². The molecule has 1 aromatic rings. The van der Waals surface area contributed by atoms with Gasteiger partial charge in [0.2, 0.25) is 0 Å². The molecule has 0 aliphatic rings. The molecule has 16 heavy (non-hydrogen) atoms. The van der Waals surface area contributed by atoms with Crippen molar-refractivity contribution in [2.45, 2.75) is 13.3 Å². The first-order chi connectivity index (χ1) is 7.65. The largest absolute Gasteiger partial charge is 0.398 e. The lowest BCUT2D eigenvalue weighted by Gasteiger charge is -2.05. The lowest BCUT2D eigenvalue weighted by molar-refractivity contribution is 0.0954. The van der Waals surface area contributed by atoms with E-state index in [1.54, 1.807) is 18.2 Å². The Balaban J connectivity index is 2.56. The third-order valence-electron chi connectivity index (χ3n) is 2.09. The van der Waals surface area contributed by atoms with Gasteiger partial charge >= 0.3 is 0 Å². The molecule has 0 saturated heterocycles. The highest BCUT2D eigenvalue weighted by molar-refractivity contribution is 6.33. The second-order valence-electron chi connectivity index (χ2n) is 3.35. The second-order valence-corrected chi connectivity index (χ2v) is 3.76. The average Bonchev–Trinajstić information content (AvgIpc) is 2.28. The number of hydrogen-bond donors (Lipinski definition) is 2. The summed E-state index contributed by atoms with van der Waals surface area (Å²) < 4.78 is 0. The fourth-order valence-corrected chi connectivity index (χ4v) is 1.34. The molecule has 0 saturated carbocycles. The number of rotatable bonds is 4. The lowest BCUT2D eigenvalue weighted by atomic mass is 10.2. The Hall–Kier alpha value is -1.48. The summed E-state index contributed by atoms with van der Waals surface area (Å²) in [5, 5.41) is 3.26. The summed E-state index contributed by atoms with van der Waals surface area (Å²) in [5.41, 5.74) is 6.56. The van der Waals surface area contributed by atoms with Crippen LogP contribution in [0.2, 0.25) is 5.02 Å². The number of amides is 1. The predicted molar refractivity (Wildman–Crippen MR) is 67.6 cm³/mol. The van der Waals surface area contributed by atoms with Crippen LogP contribution >= 0.6 is 11.6 Å². The maximum atomic E-state index is 11.6. The van der Waals surface area contributed by atoms with E-state index in [1.165, 1.54) is 0 Å². The third-order valence-corrected chi connectivity index (χ3v) is 2.43. The molecule has 0 bridgehead atoms. The molecule has 1 amide bonds. The normalized spacial score (nSPS) is 10.6. The van der Waals surface area contributed by atoms with E-state index in [-0.39, 0.29) is 5.91 Å². The first-order valence-corrected chi connectivity index (χ1v) is 5.47. The van der Waals surface area contributed by atoms with Crippen LogP contribution in [-0.4, -0.2) is 12.5 Å². The number of nitrogen functional groups attached to an aromatic ring is 1. The molecule has 0 radical (unpaired) electrons. The van der Waals surface area contributed by atoms with Crippen molar-refractivity contribution in [2.24, 2.45) is 0 Å². The number of anilines is 1. The number of carbonyl (C=O) groups is 1. The highest BCUT2D eigenvalue weighted by atomic mass is 35.5. The topological polar surface area (TPSA) is 55.1 Å². The van der Waals surface area contributed by atoms with Gasteiger partial charge in [0, 0.05) is 12.1 Å². The maximum absolute atomic E-state index is 11.6.